The van der Waals surface area contributed by atoms with Gasteiger partial charge in [-0.25, -0.2) is 0 Å². The van der Waals surface area contributed by atoms with Crippen LogP contribution in [0.15, 0.2) is 63.6 Å². The average molecular weight is 1960 g/mol. The first-order valence-corrected chi connectivity index (χ1v) is 49.4. The molecule has 2 N–H and O–H groups in total. The molecule has 2 aromatic carbocycles. The zero-order valence-corrected chi connectivity index (χ0v) is 83.7. The number of hydrogen-bond acceptors (Lipinski definition) is 37. The van der Waals surface area contributed by atoms with Gasteiger partial charge in [0, 0.05) is 85.0 Å². The van der Waals surface area contributed by atoms with Gasteiger partial charge in [0.05, 0.1) is 355 Å². The second kappa shape index (κ2) is 89.9. The van der Waals surface area contributed by atoms with E-state index in [-0.39, 0.29) is 17.3 Å². The number of esters is 1. The average Bonchev–Trinajstić information content (AvgIpc) is 1.58. The molecule has 1 aliphatic heterocycles. The molecule has 0 saturated carbocycles. The number of aromatic nitrogens is 1. The summed E-state index contributed by atoms with van der Waals surface area (Å²) in [5.74, 6) is 0.904. The number of anilines is 1. The van der Waals surface area contributed by atoms with E-state index in [0.29, 0.717) is 379 Å². The lowest BCUT2D eigenvalue weighted by atomic mass is 9.77. The molecule has 4 rings (SSSR count). The van der Waals surface area contributed by atoms with E-state index in [1.54, 1.807) is 12.0 Å². The minimum atomic E-state index is -0.501. The highest BCUT2D eigenvalue weighted by Gasteiger charge is 2.43. The van der Waals surface area contributed by atoms with E-state index in [2.05, 4.69) is 95.9 Å². The Hall–Kier alpha value is -4.41. The van der Waals surface area contributed by atoms with Crippen molar-refractivity contribution in [3.05, 3.63) is 71.3 Å². The molecule has 0 spiro atoms. The fraction of sp³-hybridized carbons (Fsp3) is 0.798. The van der Waals surface area contributed by atoms with Gasteiger partial charge in [-0.05, 0) is 100 Å². The largest absolute Gasteiger partial charge is 0.691 e. The van der Waals surface area contributed by atoms with Gasteiger partial charge in [0.15, 0.2) is 6.54 Å². The topological polar surface area (TPSA) is 385 Å². The maximum absolute atomic E-state index is 12.9. The first-order chi connectivity index (χ1) is 65.8. The van der Waals surface area contributed by atoms with Crippen molar-refractivity contribution < 1.29 is 171 Å². The zero-order chi connectivity index (χ0) is 96.5. The second-order valence-electron chi connectivity index (χ2n) is 31.3. The Morgan fingerprint density at radius 3 is 1.19 bits per heavy atom. The van der Waals surface area contributed by atoms with Gasteiger partial charge in [0.1, 0.15) is 0 Å². The third-order valence-corrected chi connectivity index (χ3v) is 21.6. The van der Waals surface area contributed by atoms with Crippen LogP contribution in [-0.2, 0) is 164 Å². The molecule has 778 valence electrons. The molecule has 1 aliphatic rings. The summed E-state index contributed by atoms with van der Waals surface area (Å²) in [6.07, 6.45) is 12.9. The number of quaternary nitrogens is 1. The Kier molecular flexibility index (Phi) is 83.0. The van der Waals surface area contributed by atoms with Crippen molar-refractivity contribution in [3.8, 4) is 0 Å². The van der Waals surface area contributed by atoms with E-state index < -0.39 is 5.41 Å². The Morgan fingerprint density at radius 1 is 0.455 bits per heavy atom. The van der Waals surface area contributed by atoms with Gasteiger partial charge in [-0.1, -0.05) is 52.2 Å². The Bertz CT molecular complexity index is 3220. The quantitative estimate of drug-likeness (QED) is 0.0144. The van der Waals surface area contributed by atoms with Crippen molar-refractivity contribution in [1.29, 1.82) is 0 Å². The molecule has 0 saturated heterocycles. The van der Waals surface area contributed by atoms with Crippen molar-refractivity contribution >= 4 is 58.8 Å². The van der Waals surface area contributed by atoms with Crippen molar-refractivity contribution in [3.63, 3.8) is 0 Å². The molecule has 1 amide bonds. The number of allylic oxidation sites excluding steroid dienone is 3. The van der Waals surface area contributed by atoms with Crippen LogP contribution in [0.4, 0.5) is 5.69 Å². The van der Waals surface area contributed by atoms with Crippen LogP contribution in [0.2, 0.25) is 0 Å². The Morgan fingerprint density at radius 2 is 0.828 bits per heavy atom. The smallest absolute Gasteiger partial charge is 0.374 e. The number of nitrogens with zero attached hydrogens (tertiary/aromatic N) is 2. The molecular formula is C94H166N4O34S2. The highest BCUT2D eigenvalue weighted by Crippen LogP contribution is 2.52. The molecule has 2 heterocycles. The minimum Gasteiger partial charge on any atom is -0.691 e. The number of oxazole rings is 1. The highest BCUT2D eigenvalue weighted by atomic mass is 32.2. The third kappa shape index (κ3) is 66.3. The normalized spacial score (nSPS) is 13.7. The van der Waals surface area contributed by atoms with Gasteiger partial charge in [0.2, 0.25) is 11.5 Å². The second-order valence-corrected chi connectivity index (χ2v) is 32.9. The summed E-state index contributed by atoms with van der Waals surface area (Å²) in [6.45, 7) is 43.1. The maximum Gasteiger partial charge on any atom is 0.374 e. The van der Waals surface area contributed by atoms with Crippen LogP contribution in [0.3, 0.4) is 0 Å². The lowest BCUT2D eigenvalue weighted by Gasteiger charge is -2.30. The highest BCUT2D eigenvalue weighted by molar-refractivity contribution is 7.94. The van der Waals surface area contributed by atoms with Gasteiger partial charge in [0.25, 0.3) is 5.52 Å². The molecule has 38 nitrogen and oxygen atoms in total. The number of fused-ring (bicyclic) bond motifs is 2. The SMILES string of the molecule is CC[NH+](CC)CC.COCCOCCOCCOCCOCCOCCOCCOCCOCCOCCOCCOCCOCCOCCOCCOCCOCCOCCOCCOCCOCCOCCOCCOCCNC(=O)CCCCCN1C(=CC=Cc2oc3ccc(C(C)(C)C)cc3[n+]2CCCSOO[O-])C(C)(CCCCCC(=O)OC)c2cc(SOO[O-])ccc21. The Balaban J connectivity index is 0.00000633. The first-order valence-electron chi connectivity index (χ1n) is 47.7. The lowest BCUT2D eigenvalue weighted by Crippen LogP contribution is -3.11. The number of nitrogens with one attached hydrogen (secondary N) is 2. The summed E-state index contributed by atoms with van der Waals surface area (Å²) in [5.41, 5.74) is 5.43. The molecule has 134 heavy (non-hydrogen) atoms. The van der Waals surface area contributed by atoms with Crippen molar-refractivity contribution in [2.24, 2.45) is 0 Å². The number of amides is 1. The van der Waals surface area contributed by atoms with Crippen LogP contribution in [0.25, 0.3) is 17.2 Å². The summed E-state index contributed by atoms with van der Waals surface area (Å²) in [7, 11) is 3.04. The van der Waals surface area contributed by atoms with E-state index in [0.717, 1.165) is 84.2 Å². The molecule has 40 heteroatoms. The number of ether oxygens (including phenoxy) is 25. The van der Waals surface area contributed by atoms with E-state index in [9.17, 15) is 20.1 Å². The maximum atomic E-state index is 12.9. The van der Waals surface area contributed by atoms with Crippen molar-refractivity contribution in [2.75, 3.05) is 368 Å². The third-order valence-electron chi connectivity index (χ3n) is 20.4. The number of carbonyl (C=O) groups is 2. The van der Waals surface area contributed by atoms with Crippen LogP contribution >= 0.6 is 24.1 Å². The number of methoxy groups -OCH3 is 2. The number of aryl methyl sites for hydroxylation is 1. The summed E-state index contributed by atoms with van der Waals surface area (Å²) in [6, 6.07) is 12.3. The van der Waals surface area contributed by atoms with Crippen LogP contribution < -0.4 is 30.2 Å². The monoisotopic (exact) mass is 1960 g/mol. The molecule has 1 aromatic heterocycles. The molecule has 0 radical (unpaired) electrons. The van der Waals surface area contributed by atoms with Gasteiger partial charge >= 0.3 is 11.9 Å². The van der Waals surface area contributed by atoms with Crippen LogP contribution in [-0.4, -0.2) is 375 Å². The first kappa shape index (κ1) is 124. The number of rotatable bonds is 98. The summed E-state index contributed by atoms with van der Waals surface area (Å²) in [5, 5.41) is 31.6. The number of carbonyl (C=O) groups excluding carboxylic acids is 2. The minimum absolute atomic E-state index is 0.0369. The van der Waals surface area contributed by atoms with E-state index in [1.165, 1.54) is 32.3 Å². The molecule has 0 aliphatic carbocycles. The van der Waals surface area contributed by atoms with E-state index in [4.69, 9.17) is 127 Å². The molecule has 0 bridgehead atoms. The molecule has 0 fully saturated rings. The predicted octanol–water partition coefficient (Wildman–Crippen LogP) is 6.94. The van der Waals surface area contributed by atoms with Crippen LogP contribution in [0.5, 0.6) is 0 Å². The number of benzene rings is 2. The zero-order valence-electron chi connectivity index (χ0n) is 82.0. The van der Waals surface area contributed by atoms with Gasteiger partial charge in [-0.15, -0.1) is 0 Å². The summed E-state index contributed by atoms with van der Waals surface area (Å²) in [4.78, 5) is 29.7. The summed E-state index contributed by atoms with van der Waals surface area (Å²) >= 11 is 1.80. The summed E-state index contributed by atoms with van der Waals surface area (Å²) < 4.78 is 155. The molecule has 1 atom stereocenters. The van der Waals surface area contributed by atoms with Crippen molar-refractivity contribution in [1.82, 2.24) is 5.32 Å². The van der Waals surface area contributed by atoms with Crippen LogP contribution in [0.1, 0.15) is 130 Å². The number of unbranched alkanes of at least 4 members (excludes halogenated alkanes) is 4. The van der Waals surface area contributed by atoms with Gasteiger partial charge < -0.3 is 148 Å². The fourth-order valence-electron chi connectivity index (χ4n) is 13.1. The molecular weight excluding hydrogens is 1790 g/mol. The fourth-order valence-corrected chi connectivity index (χ4v) is 13.8. The van der Waals surface area contributed by atoms with Gasteiger partial charge in [-0.2, -0.15) is 13.2 Å². The predicted molar refractivity (Wildman–Crippen MR) is 501 cm³/mol. The molecule has 1 unspecified atom stereocenters. The molecule has 3 aromatic rings. The number of hydrogen-bond donors (Lipinski definition) is 2. The van der Waals surface area contributed by atoms with E-state index >= 15 is 0 Å². The standard InChI is InChI=1S/C88H151N3O34S2.C6H15N/c1-87(2,3)77-19-22-82-81(75-77)91(26-14-74-126-124-122-94)85(121-82)17-13-15-83-88(4,23-11-7-10-18-86(93)97-6)79-76-78(127-125-123-95)20-21-80(79)90(83)25-12-8-9-16-84(92)89-24-27-98-30-31-100-34-35-102-38-39-104-42-43-106-46-47-108-50-51-110-54-55-112-58-59-114-62-63-116-66-67-118-70-71-120-73-72-119-69-68-117-65-64-115-61-60-113-57-56-111-53-52-109-49-48-107-45-44-105-41-40-103-37-36-101-33-32-99-29-28-96-5;1-4-7(5-2)6-3/h13,15,17,19-22,75-76H,7-12,14,16,18,23-74H2,1-6H3,(H2-,89,92,94,95);4-6H2,1-3H3. The van der Waals surface area contributed by atoms with Crippen LogP contribution in [0, 0.1) is 0 Å². The van der Waals surface area contributed by atoms with Gasteiger partial charge in [-0.3, -0.25) is 19.7 Å². The Labute approximate surface area is 805 Å². The van der Waals surface area contributed by atoms with E-state index in [1.807, 2.05) is 36.4 Å². The van der Waals surface area contributed by atoms with Crippen molar-refractivity contribution in [2.45, 2.75) is 135 Å². The lowest BCUT2D eigenvalue weighted by molar-refractivity contribution is -0.894.